The standard InChI is InChI=1S/C37H40F6O16S3/c38-34(39,28(47)57-31-7-16-1-19(10-31)25(44)20(2-16)11-31)60(51,52)37(50,61(53,54)35(40,41)29(48)58-32-8-17-3-21(12-32)26(45)22(4-17)13-32)62(55,56)36(42,43)30(49)59-33-9-18-5-23(14-33)27(46)24(6-18)15-33/h16-24,50H,1-15H2. The Labute approximate surface area is 349 Å². The third kappa shape index (κ3) is 5.66. The number of sulfone groups is 3. The molecule has 12 fully saturated rings. The minimum Gasteiger partial charge on any atom is -0.454 e. The van der Waals surface area contributed by atoms with Crippen molar-refractivity contribution >= 4 is 64.8 Å². The van der Waals surface area contributed by atoms with Crippen LogP contribution in [-0.2, 0) is 72.5 Å². The van der Waals surface area contributed by atoms with Crippen LogP contribution in [-0.4, -0.2) is 102 Å². The predicted octanol–water partition coefficient (Wildman–Crippen LogP) is 2.69. The van der Waals surface area contributed by atoms with Crippen LogP contribution in [0.15, 0.2) is 0 Å². The Hall–Kier alpha value is -3.19. The van der Waals surface area contributed by atoms with E-state index in [0.717, 1.165) is 0 Å². The molecule has 0 aromatic heterocycles. The van der Waals surface area contributed by atoms with Crippen molar-refractivity contribution < 1.29 is 99.7 Å². The number of rotatable bonds is 12. The number of hydrogen-bond acceptors (Lipinski definition) is 16. The quantitative estimate of drug-likeness (QED) is 0.168. The zero-order chi connectivity index (χ0) is 45.4. The fraction of sp³-hybridized carbons (Fsp3) is 0.838. The van der Waals surface area contributed by atoms with E-state index >= 15 is 26.3 Å². The van der Waals surface area contributed by atoms with Gasteiger partial charge < -0.3 is 19.3 Å². The molecule has 6 atom stereocenters. The third-order valence-electron chi connectivity index (χ3n) is 15.5. The summed E-state index contributed by atoms with van der Waals surface area (Å²) in [4.78, 5) is 77.8. The summed E-state index contributed by atoms with van der Waals surface area (Å²) in [7, 11) is -26.2. The highest BCUT2D eigenvalue weighted by molar-refractivity contribution is 8.26. The summed E-state index contributed by atoms with van der Waals surface area (Å²) in [6.07, 6.45) is -2.45. The van der Waals surface area contributed by atoms with Crippen molar-refractivity contribution in [3.8, 4) is 0 Å². The molecule has 0 heterocycles. The number of halogens is 6. The lowest BCUT2D eigenvalue weighted by Crippen LogP contribution is -2.69. The van der Waals surface area contributed by atoms with Gasteiger partial charge in [-0.25, -0.2) is 39.6 Å². The number of hydrogen-bond donors (Lipinski definition) is 1. The van der Waals surface area contributed by atoms with Crippen LogP contribution in [0.3, 0.4) is 0 Å². The molecule has 0 amide bonds. The van der Waals surface area contributed by atoms with E-state index < -0.39 is 175 Å². The zero-order valence-corrected chi connectivity index (χ0v) is 34.8. The summed E-state index contributed by atoms with van der Waals surface area (Å²) >= 11 is 0. The van der Waals surface area contributed by atoms with Crippen LogP contribution in [0.25, 0.3) is 0 Å². The van der Waals surface area contributed by atoms with Crippen LogP contribution in [0.1, 0.15) is 96.3 Å². The van der Waals surface area contributed by atoms with E-state index in [4.69, 9.17) is 14.2 Å². The van der Waals surface area contributed by atoms with Gasteiger partial charge in [-0.15, -0.1) is 0 Å². The number of ether oxygens (including phenoxy) is 3. The maximum atomic E-state index is 16.3. The molecule has 0 aromatic rings. The topological polar surface area (TPSA) is 253 Å². The molecule has 0 aliphatic heterocycles. The smallest absolute Gasteiger partial charge is 0.445 e. The average molecular weight is 951 g/mol. The summed E-state index contributed by atoms with van der Waals surface area (Å²) in [6, 6.07) is 0. The third-order valence-corrected chi connectivity index (χ3v) is 24.0. The lowest BCUT2D eigenvalue weighted by atomic mass is 9.53. The van der Waals surface area contributed by atoms with E-state index in [0.29, 0.717) is 0 Å². The summed E-state index contributed by atoms with van der Waals surface area (Å²) in [5.74, 6) is -17.9. The highest BCUT2D eigenvalue weighted by atomic mass is 32.3. The van der Waals surface area contributed by atoms with Crippen LogP contribution >= 0.6 is 0 Å². The predicted molar refractivity (Wildman–Crippen MR) is 189 cm³/mol. The van der Waals surface area contributed by atoms with E-state index in [1.54, 1.807) is 0 Å². The summed E-state index contributed by atoms with van der Waals surface area (Å²) < 4.78 is 189. The Kier molecular flexibility index (Phi) is 9.23. The van der Waals surface area contributed by atoms with Crippen LogP contribution in [0.2, 0.25) is 0 Å². The first-order valence-electron chi connectivity index (χ1n) is 20.3. The molecule has 16 nitrogen and oxygen atoms in total. The second kappa shape index (κ2) is 13.0. The van der Waals surface area contributed by atoms with Gasteiger partial charge in [0.2, 0.25) is 0 Å². The molecular weight excluding hydrogens is 911 g/mol. The number of carbonyl (C=O) groups excluding carboxylic acids is 6. The van der Waals surface area contributed by atoms with Gasteiger partial charge in [-0.3, -0.25) is 14.4 Å². The molecule has 12 saturated carbocycles. The number of Topliss-reactive ketones (excluding diaryl/α,β-unsaturated/α-hetero) is 3. The molecule has 6 unspecified atom stereocenters. The maximum absolute atomic E-state index is 16.3. The molecule has 12 aliphatic carbocycles. The van der Waals surface area contributed by atoms with Crippen molar-refractivity contribution in [2.75, 3.05) is 0 Å². The Morgan fingerprint density at radius 3 is 0.823 bits per heavy atom. The summed E-state index contributed by atoms with van der Waals surface area (Å²) in [5, 5.41) is -9.17. The summed E-state index contributed by atoms with van der Waals surface area (Å²) in [6.45, 7) is 0. The van der Waals surface area contributed by atoms with Gasteiger partial charge in [0, 0.05) is 35.5 Å². The van der Waals surface area contributed by atoms with Gasteiger partial charge in [0.1, 0.15) is 34.2 Å². The van der Waals surface area contributed by atoms with Gasteiger partial charge in [0.05, 0.1) is 0 Å². The molecule has 0 spiro atoms. The number of alkyl halides is 6. The highest BCUT2D eigenvalue weighted by Gasteiger charge is 2.86. The van der Waals surface area contributed by atoms with Crippen molar-refractivity contribution in [1.29, 1.82) is 0 Å². The summed E-state index contributed by atoms with van der Waals surface area (Å²) in [5.41, 5.74) is -6.26. The van der Waals surface area contributed by atoms with Gasteiger partial charge in [-0.1, -0.05) is 0 Å². The number of esters is 3. The lowest BCUT2D eigenvalue weighted by Gasteiger charge is -2.54. The van der Waals surface area contributed by atoms with Crippen molar-refractivity contribution in [3.05, 3.63) is 0 Å². The second-order valence-corrected chi connectivity index (χ2v) is 26.6. The van der Waals surface area contributed by atoms with Gasteiger partial charge >= 0.3 is 37.3 Å². The van der Waals surface area contributed by atoms with E-state index in [2.05, 4.69) is 0 Å². The number of ketones is 3. The van der Waals surface area contributed by atoms with Gasteiger partial charge in [0.25, 0.3) is 29.5 Å². The Morgan fingerprint density at radius 1 is 0.435 bits per heavy atom. The Morgan fingerprint density at radius 2 is 0.629 bits per heavy atom. The minimum absolute atomic E-state index is 0.217. The molecule has 0 saturated heterocycles. The monoisotopic (exact) mass is 950 g/mol. The SMILES string of the molecule is O=C1C2CC3CC1CC(OC(=O)C(F)(F)S(=O)(=O)C(O)(S(=O)(=O)C(F)(F)C(=O)OC14CC5CC(C1)C(=O)C(C5)C4)S(=O)(=O)C(F)(F)C(=O)OC14CC5CC(C1)C(=O)C(C5)C4)(C3)C2. The van der Waals surface area contributed by atoms with Gasteiger partial charge in [-0.2, -0.15) is 26.3 Å². The molecule has 0 radical (unpaired) electrons. The van der Waals surface area contributed by atoms with Crippen molar-refractivity contribution in [2.24, 2.45) is 53.3 Å². The second-order valence-electron chi connectivity index (χ2n) is 19.5. The first-order valence-corrected chi connectivity index (χ1v) is 24.7. The van der Waals surface area contributed by atoms with Crippen molar-refractivity contribution in [3.63, 3.8) is 0 Å². The van der Waals surface area contributed by atoms with Gasteiger partial charge in [0.15, 0.2) is 0 Å². The fourth-order valence-electron chi connectivity index (χ4n) is 13.4. The molecule has 62 heavy (non-hydrogen) atoms. The molecule has 1 N–H and O–H groups in total. The molecule has 12 rings (SSSR count). The first kappa shape index (κ1) is 44.0. The minimum atomic E-state index is -8.72. The maximum Gasteiger partial charge on any atom is 0.445 e. The zero-order valence-electron chi connectivity index (χ0n) is 32.4. The van der Waals surface area contributed by atoms with E-state index in [9.17, 15) is 59.1 Å². The van der Waals surface area contributed by atoms with Crippen LogP contribution in [0.4, 0.5) is 26.3 Å². The normalized spacial score (nSPS) is 40.7. The fourth-order valence-corrected chi connectivity index (χ4v) is 20.5. The number of carbonyl (C=O) groups is 6. The van der Waals surface area contributed by atoms with E-state index in [1.165, 1.54) is 0 Å². The molecule has 0 aromatic carbocycles. The highest BCUT2D eigenvalue weighted by Crippen LogP contribution is 2.60. The Balaban J connectivity index is 1.10. The molecule has 12 bridgehead atoms. The Bertz CT molecular complexity index is 2140. The van der Waals surface area contributed by atoms with Crippen LogP contribution in [0.5, 0.6) is 0 Å². The van der Waals surface area contributed by atoms with Crippen molar-refractivity contribution in [1.82, 2.24) is 0 Å². The van der Waals surface area contributed by atoms with E-state index in [1.807, 2.05) is 0 Å². The molecule has 344 valence electrons. The largest absolute Gasteiger partial charge is 0.454 e. The first-order chi connectivity index (χ1) is 28.4. The molecule has 12 aliphatic rings. The molecular formula is C37H40F6O16S3. The van der Waals surface area contributed by atoms with Crippen molar-refractivity contribution in [2.45, 2.75) is 132 Å². The molecule has 25 heteroatoms. The number of aliphatic hydroxyl groups is 1. The average Bonchev–Trinajstić information content (AvgIpc) is 3.15. The van der Waals surface area contributed by atoms with Crippen LogP contribution in [0, 0.1) is 53.3 Å². The van der Waals surface area contributed by atoms with Crippen LogP contribution < -0.4 is 0 Å². The lowest BCUT2D eigenvalue weighted by molar-refractivity contribution is -0.201. The van der Waals surface area contributed by atoms with E-state index in [-0.39, 0.29) is 75.1 Å². The van der Waals surface area contributed by atoms with Gasteiger partial charge in [-0.05, 0) is 114 Å².